The summed E-state index contributed by atoms with van der Waals surface area (Å²) in [5.41, 5.74) is 2.06. The van der Waals surface area contributed by atoms with Gasteiger partial charge in [-0.25, -0.2) is 9.37 Å². The third-order valence-electron chi connectivity index (χ3n) is 4.99. The molecule has 160 valence electrons. The Bertz CT molecular complexity index is 998. The second-order valence-corrected chi connectivity index (χ2v) is 7.36. The second-order valence-electron chi connectivity index (χ2n) is 7.36. The van der Waals surface area contributed by atoms with Crippen molar-refractivity contribution >= 4 is 5.91 Å². The summed E-state index contributed by atoms with van der Waals surface area (Å²) in [7, 11) is 0. The lowest BCUT2D eigenvalue weighted by molar-refractivity contribution is -0.139. The standard InChI is InChI=1S/C24H24FN3O3/c25-20-6-8-21(9-7-20)31-23-14-19(10-11-26-23)15-27-24(29)22-17-28(12-13-30-22)16-18-4-2-1-3-5-18/h1-11,14,22H,12-13,15-17H2,(H,27,29). The van der Waals surface area contributed by atoms with Crippen LogP contribution >= 0.6 is 0 Å². The van der Waals surface area contributed by atoms with Gasteiger partial charge in [0.2, 0.25) is 5.88 Å². The van der Waals surface area contributed by atoms with Crippen LogP contribution in [0.5, 0.6) is 11.6 Å². The Hall–Kier alpha value is -3.29. The van der Waals surface area contributed by atoms with Crippen molar-refractivity contribution in [1.29, 1.82) is 0 Å². The van der Waals surface area contributed by atoms with Gasteiger partial charge in [-0.1, -0.05) is 30.3 Å². The SMILES string of the molecule is O=C(NCc1ccnc(Oc2ccc(F)cc2)c1)C1CN(Cc2ccccc2)CCO1. The summed E-state index contributed by atoms with van der Waals surface area (Å²) in [5.74, 6) is 0.394. The van der Waals surface area contributed by atoms with Gasteiger partial charge in [-0.05, 0) is 41.5 Å². The summed E-state index contributed by atoms with van der Waals surface area (Å²) in [6.45, 7) is 3.00. The zero-order chi connectivity index (χ0) is 21.5. The van der Waals surface area contributed by atoms with E-state index in [-0.39, 0.29) is 11.7 Å². The molecule has 0 aliphatic carbocycles. The molecule has 1 aromatic heterocycles. The van der Waals surface area contributed by atoms with E-state index < -0.39 is 6.10 Å². The number of halogens is 1. The molecule has 31 heavy (non-hydrogen) atoms. The quantitative estimate of drug-likeness (QED) is 0.632. The molecule has 0 spiro atoms. The molecule has 4 rings (SSSR count). The van der Waals surface area contributed by atoms with Crippen molar-refractivity contribution in [2.45, 2.75) is 19.2 Å². The number of nitrogens with one attached hydrogen (secondary N) is 1. The first-order chi connectivity index (χ1) is 15.2. The number of hydrogen-bond acceptors (Lipinski definition) is 5. The molecule has 1 amide bonds. The highest BCUT2D eigenvalue weighted by atomic mass is 19.1. The number of benzene rings is 2. The van der Waals surface area contributed by atoms with Crippen LogP contribution in [0.25, 0.3) is 0 Å². The number of carbonyl (C=O) groups is 1. The van der Waals surface area contributed by atoms with Crippen LogP contribution in [0, 0.1) is 5.82 Å². The fourth-order valence-electron chi connectivity index (χ4n) is 3.39. The Balaban J connectivity index is 1.29. The molecule has 2 aromatic carbocycles. The lowest BCUT2D eigenvalue weighted by Crippen LogP contribution is -2.49. The third-order valence-corrected chi connectivity index (χ3v) is 4.99. The first-order valence-electron chi connectivity index (χ1n) is 10.2. The number of nitrogens with zero attached hydrogens (tertiary/aromatic N) is 2. The van der Waals surface area contributed by atoms with E-state index in [0.29, 0.717) is 31.3 Å². The van der Waals surface area contributed by atoms with Crippen LogP contribution in [0.2, 0.25) is 0 Å². The average molecular weight is 421 g/mol. The summed E-state index contributed by atoms with van der Waals surface area (Å²) in [6.07, 6.45) is 1.10. The predicted octanol–water partition coefficient (Wildman–Crippen LogP) is 3.53. The monoisotopic (exact) mass is 421 g/mol. The van der Waals surface area contributed by atoms with Gasteiger partial charge in [-0.3, -0.25) is 9.69 Å². The second kappa shape index (κ2) is 10.1. The fourth-order valence-corrected chi connectivity index (χ4v) is 3.39. The molecule has 1 unspecified atom stereocenters. The van der Waals surface area contributed by atoms with E-state index in [4.69, 9.17) is 9.47 Å². The molecule has 0 bridgehead atoms. The van der Waals surface area contributed by atoms with E-state index in [1.54, 1.807) is 18.3 Å². The average Bonchev–Trinajstić information content (AvgIpc) is 2.80. The highest BCUT2D eigenvalue weighted by Crippen LogP contribution is 2.20. The number of carbonyl (C=O) groups excluding carboxylic acids is 1. The van der Waals surface area contributed by atoms with Gasteiger partial charge in [0.05, 0.1) is 6.61 Å². The van der Waals surface area contributed by atoms with E-state index in [9.17, 15) is 9.18 Å². The number of rotatable bonds is 7. The number of morpholine rings is 1. The van der Waals surface area contributed by atoms with Gasteiger partial charge in [0.15, 0.2) is 0 Å². The van der Waals surface area contributed by atoms with Crippen LogP contribution in [-0.4, -0.2) is 41.6 Å². The molecule has 7 heteroatoms. The van der Waals surface area contributed by atoms with Gasteiger partial charge >= 0.3 is 0 Å². The molecule has 1 aliphatic heterocycles. The summed E-state index contributed by atoms with van der Waals surface area (Å²) in [4.78, 5) is 19.0. The van der Waals surface area contributed by atoms with Crippen LogP contribution < -0.4 is 10.1 Å². The van der Waals surface area contributed by atoms with Crippen molar-refractivity contribution in [3.8, 4) is 11.6 Å². The molecule has 1 aliphatic rings. The number of aromatic nitrogens is 1. The maximum absolute atomic E-state index is 13.0. The molecule has 6 nitrogen and oxygen atoms in total. The van der Waals surface area contributed by atoms with Crippen molar-refractivity contribution in [2.24, 2.45) is 0 Å². The topological polar surface area (TPSA) is 63.7 Å². The third kappa shape index (κ3) is 6.10. The normalized spacial score (nSPS) is 16.6. The number of pyridine rings is 1. The van der Waals surface area contributed by atoms with E-state index >= 15 is 0 Å². The van der Waals surface area contributed by atoms with Gasteiger partial charge in [-0.15, -0.1) is 0 Å². The van der Waals surface area contributed by atoms with Gasteiger partial charge in [0.25, 0.3) is 5.91 Å². The van der Waals surface area contributed by atoms with Gasteiger partial charge in [0.1, 0.15) is 17.7 Å². The lowest BCUT2D eigenvalue weighted by atomic mass is 10.2. The van der Waals surface area contributed by atoms with E-state index in [0.717, 1.165) is 18.7 Å². The minimum atomic E-state index is -0.505. The van der Waals surface area contributed by atoms with Gasteiger partial charge in [0, 0.05) is 38.4 Å². The maximum Gasteiger partial charge on any atom is 0.250 e. The molecule has 0 radical (unpaired) electrons. The molecule has 3 aromatic rings. The highest BCUT2D eigenvalue weighted by molar-refractivity contribution is 5.81. The molecule has 1 fully saturated rings. The maximum atomic E-state index is 13.0. The van der Waals surface area contributed by atoms with Crippen LogP contribution in [0.3, 0.4) is 0 Å². The van der Waals surface area contributed by atoms with Crippen molar-refractivity contribution in [1.82, 2.24) is 15.2 Å². The Morgan fingerprint density at radius 2 is 1.94 bits per heavy atom. The van der Waals surface area contributed by atoms with Crippen molar-refractivity contribution in [2.75, 3.05) is 19.7 Å². The zero-order valence-electron chi connectivity index (χ0n) is 17.0. The van der Waals surface area contributed by atoms with Crippen LogP contribution in [0.1, 0.15) is 11.1 Å². The summed E-state index contributed by atoms with van der Waals surface area (Å²) in [6, 6.07) is 19.5. The lowest BCUT2D eigenvalue weighted by Gasteiger charge is -2.32. The Labute approximate surface area is 180 Å². The van der Waals surface area contributed by atoms with E-state index in [2.05, 4.69) is 27.3 Å². The molecule has 0 saturated carbocycles. The van der Waals surface area contributed by atoms with Crippen molar-refractivity contribution in [3.05, 3.63) is 89.9 Å². The number of hydrogen-bond donors (Lipinski definition) is 1. The number of amides is 1. The van der Waals surface area contributed by atoms with E-state index in [1.165, 1.54) is 29.8 Å². The Morgan fingerprint density at radius 3 is 2.74 bits per heavy atom. The minimum Gasteiger partial charge on any atom is -0.439 e. The van der Waals surface area contributed by atoms with E-state index in [1.807, 2.05) is 18.2 Å². The summed E-state index contributed by atoms with van der Waals surface area (Å²) >= 11 is 0. The number of ether oxygens (including phenoxy) is 2. The van der Waals surface area contributed by atoms with Crippen molar-refractivity contribution < 1.29 is 18.7 Å². The zero-order valence-corrected chi connectivity index (χ0v) is 17.0. The first kappa shape index (κ1) is 21.0. The Morgan fingerprint density at radius 1 is 1.13 bits per heavy atom. The largest absolute Gasteiger partial charge is 0.439 e. The fraction of sp³-hybridized carbons (Fsp3) is 0.250. The minimum absolute atomic E-state index is 0.143. The molecular weight excluding hydrogens is 397 g/mol. The molecule has 1 saturated heterocycles. The Kier molecular flexibility index (Phi) is 6.86. The highest BCUT2D eigenvalue weighted by Gasteiger charge is 2.26. The summed E-state index contributed by atoms with van der Waals surface area (Å²) in [5, 5.41) is 2.93. The van der Waals surface area contributed by atoms with Gasteiger partial charge in [-0.2, -0.15) is 0 Å². The van der Waals surface area contributed by atoms with Crippen LogP contribution in [-0.2, 0) is 22.6 Å². The first-order valence-corrected chi connectivity index (χ1v) is 10.2. The summed E-state index contributed by atoms with van der Waals surface area (Å²) < 4.78 is 24.4. The smallest absolute Gasteiger partial charge is 0.250 e. The van der Waals surface area contributed by atoms with Crippen LogP contribution in [0.4, 0.5) is 4.39 Å². The molecule has 2 heterocycles. The molecule has 1 N–H and O–H groups in total. The van der Waals surface area contributed by atoms with Crippen molar-refractivity contribution in [3.63, 3.8) is 0 Å². The van der Waals surface area contributed by atoms with Gasteiger partial charge < -0.3 is 14.8 Å². The molecule has 1 atom stereocenters. The predicted molar refractivity (Wildman–Crippen MR) is 114 cm³/mol. The van der Waals surface area contributed by atoms with Crippen LogP contribution in [0.15, 0.2) is 72.9 Å². The molecular formula is C24H24FN3O3.